The van der Waals surface area contributed by atoms with Gasteiger partial charge in [0.05, 0.1) is 18.3 Å². The summed E-state index contributed by atoms with van der Waals surface area (Å²) in [4.78, 5) is 0. The zero-order valence-electron chi connectivity index (χ0n) is 8.23. The van der Waals surface area contributed by atoms with Crippen molar-refractivity contribution in [2.75, 3.05) is 13.2 Å². The topological polar surface area (TPSA) is 53.1 Å². The molecule has 13 heavy (non-hydrogen) atoms. The molecule has 0 spiro atoms. The van der Waals surface area contributed by atoms with Crippen LogP contribution in [-0.2, 0) is 11.3 Å². The number of aryl methyl sites for hydroxylation is 1. The largest absolute Gasteiger partial charge is 0.380 e. The molecular formula is C9H17N3O. The van der Waals surface area contributed by atoms with E-state index in [1.807, 2.05) is 24.6 Å². The van der Waals surface area contributed by atoms with Crippen molar-refractivity contribution in [2.24, 2.45) is 5.73 Å². The van der Waals surface area contributed by atoms with E-state index in [1.54, 1.807) is 6.20 Å². The summed E-state index contributed by atoms with van der Waals surface area (Å²) < 4.78 is 7.15. The predicted molar refractivity (Wildman–Crippen MR) is 51.3 cm³/mol. The summed E-state index contributed by atoms with van der Waals surface area (Å²) in [5.74, 6) is 0. The Morgan fingerprint density at radius 3 is 3.00 bits per heavy atom. The lowest BCUT2D eigenvalue weighted by Crippen LogP contribution is -2.21. The Morgan fingerprint density at radius 1 is 1.62 bits per heavy atom. The van der Waals surface area contributed by atoms with Crippen LogP contribution in [0.4, 0.5) is 0 Å². The van der Waals surface area contributed by atoms with Gasteiger partial charge in [-0.3, -0.25) is 4.68 Å². The van der Waals surface area contributed by atoms with Crippen LogP contribution >= 0.6 is 0 Å². The lowest BCUT2D eigenvalue weighted by Gasteiger charge is -2.12. The van der Waals surface area contributed by atoms with E-state index in [9.17, 15) is 0 Å². The maximum atomic E-state index is 5.92. The second kappa shape index (κ2) is 4.99. The van der Waals surface area contributed by atoms with Crippen LogP contribution in [0.2, 0.25) is 0 Å². The number of ether oxygens (including phenoxy) is 1. The smallest absolute Gasteiger partial charge is 0.0704 e. The SMILES string of the molecule is CCOCC(N)c1ccnn1CC. The van der Waals surface area contributed by atoms with E-state index >= 15 is 0 Å². The van der Waals surface area contributed by atoms with E-state index in [0.29, 0.717) is 13.2 Å². The molecule has 1 rings (SSSR count). The first-order valence-electron chi connectivity index (χ1n) is 4.64. The second-order valence-electron chi connectivity index (χ2n) is 2.84. The van der Waals surface area contributed by atoms with Gasteiger partial charge in [-0.2, -0.15) is 5.10 Å². The van der Waals surface area contributed by atoms with Crippen molar-refractivity contribution in [3.05, 3.63) is 18.0 Å². The summed E-state index contributed by atoms with van der Waals surface area (Å²) in [5, 5.41) is 4.14. The highest BCUT2D eigenvalue weighted by Gasteiger charge is 2.10. The molecule has 1 aromatic rings. The molecule has 0 fully saturated rings. The van der Waals surface area contributed by atoms with Gasteiger partial charge in [0.15, 0.2) is 0 Å². The third-order valence-corrected chi connectivity index (χ3v) is 1.93. The molecule has 0 aromatic carbocycles. The van der Waals surface area contributed by atoms with Gasteiger partial charge in [-0.05, 0) is 19.9 Å². The summed E-state index contributed by atoms with van der Waals surface area (Å²) in [6.07, 6.45) is 1.77. The van der Waals surface area contributed by atoms with E-state index < -0.39 is 0 Å². The molecule has 0 saturated heterocycles. The van der Waals surface area contributed by atoms with Crippen molar-refractivity contribution >= 4 is 0 Å². The number of nitrogens with two attached hydrogens (primary N) is 1. The monoisotopic (exact) mass is 183 g/mol. The van der Waals surface area contributed by atoms with Crippen LogP contribution in [0.15, 0.2) is 12.3 Å². The number of hydrogen-bond donors (Lipinski definition) is 1. The standard InChI is InChI=1S/C9H17N3O/c1-3-12-9(5-6-11-12)8(10)7-13-4-2/h5-6,8H,3-4,7,10H2,1-2H3. The summed E-state index contributed by atoms with van der Waals surface area (Å²) in [6.45, 7) is 6.12. The van der Waals surface area contributed by atoms with E-state index in [-0.39, 0.29) is 6.04 Å². The van der Waals surface area contributed by atoms with Crippen LogP contribution in [0.25, 0.3) is 0 Å². The molecule has 1 aromatic heterocycles. The molecule has 1 unspecified atom stereocenters. The summed E-state index contributed by atoms with van der Waals surface area (Å²) in [7, 11) is 0. The van der Waals surface area contributed by atoms with Crippen molar-refractivity contribution in [3.63, 3.8) is 0 Å². The third-order valence-electron chi connectivity index (χ3n) is 1.93. The molecule has 4 nitrogen and oxygen atoms in total. The highest BCUT2D eigenvalue weighted by molar-refractivity contribution is 5.06. The van der Waals surface area contributed by atoms with Gasteiger partial charge in [-0.25, -0.2) is 0 Å². The van der Waals surface area contributed by atoms with Crippen LogP contribution < -0.4 is 5.73 Å². The first-order valence-corrected chi connectivity index (χ1v) is 4.64. The summed E-state index contributed by atoms with van der Waals surface area (Å²) in [5.41, 5.74) is 6.95. The molecule has 1 atom stereocenters. The van der Waals surface area contributed by atoms with Gasteiger partial charge in [0.25, 0.3) is 0 Å². The fourth-order valence-electron chi connectivity index (χ4n) is 1.25. The van der Waals surface area contributed by atoms with E-state index in [0.717, 1.165) is 12.2 Å². The minimum absolute atomic E-state index is 0.0672. The molecule has 2 N–H and O–H groups in total. The van der Waals surface area contributed by atoms with Crippen LogP contribution in [0.1, 0.15) is 25.6 Å². The van der Waals surface area contributed by atoms with Crippen LogP contribution in [0, 0.1) is 0 Å². The second-order valence-corrected chi connectivity index (χ2v) is 2.84. The quantitative estimate of drug-likeness (QED) is 0.739. The molecule has 74 valence electrons. The van der Waals surface area contributed by atoms with Crippen molar-refractivity contribution in [1.82, 2.24) is 9.78 Å². The van der Waals surface area contributed by atoms with Gasteiger partial charge >= 0.3 is 0 Å². The number of nitrogens with zero attached hydrogens (tertiary/aromatic N) is 2. The Labute approximate surface area is 78.7 Å². The van der Waals surface area contributed by atoms with E-state index in [4.69, 9.17) is 10.5 Å². The lowest BCUT2D eigenvalue weighted by molar-refractivity contribution is 0.131. The van der Waals surface area contributed by atoms with Crippen molar-refractivity contribution in [2.45, 2.75) is 26.4 Å². The van der Waals surface area contributed by atoms with Gasteiger partial charge < -0.3 is 10.5 Å². The average molecular weight is 183 g/mol. The van der Waals surface area contributed by atoms with E-state index in [2.05, 4.69) is 5.10 Å². The number of rotatable bonds is 5. The average Bonchev–Trinajstić information content (AvgIpc) is 2.61. The Hall–Kier alpha value is -0.870. The predicted octanol–water partition coefficient (Wildman–Crippen LogP) is 0.939. The molecule has 4 heteroatoms. The maximum absolute atomic E-state index is 5.92. The normalized spacial score (nSPS) is 13.2. The summed E-state index contributed by atoms with van der Waals surface area (Å²) in [6, 6.07) is 1.87. The van der Waals surface area contributed by atoms with Gasteiger partial charge in [0, 0.05) is 19.3 Å². The molecule has 0 aliphatic rings. The Morgan fingerprint density at radius 2 is 2.38 bits per heavy atom. The molecule has 0 aliphatic heterocycles. The minimum atomic E-state index is -0.0672. The molecule has 0 amide bonds. The fraction of sp³-hybridized carbons (Fsp3) is 0.667. The number of aromatic nitrogens is 2. The molecular weight excluding hydrogens is 166 g/mol. The van der Waals surface area contributed by atoms with Gasteiger partial charge in [-0.15, -0.1) is 0 Å². The molecule has 1 heterocycles. The molecule has 0 aliphatic carbocycles. The first-order chi connectivity index (χ1) is 6.29. The Bertz CT molecular complexity index is 247. The van der Waals surface area contributed by atoms with Crippen molar-refractivity contribution in [3.8, 4) is 0 Å². The zero-order valence-corrected chi connectivity index (χ0v) is 8.23. The van der Waals surface area contributed by atoms with Gasteiger partial charge in [-0.1, -0.05) is 0 Å². The Balaban J connectivity index is 2.59. The van der Waals surface area contributed by atoms with Crippen molar-refractivity contribution in [1.29, 1.82) is 0 Å². The van der Waals surface area contributed by atoms with Crippen LogP contribution in [-0.4, -0.2) is 23.0 Å². The van der Waals surface area contributed by atoms with Gasteiger partial charge in [0.1, 0.15) is 0 Å². The third kappa shape index (κ3) is 2.54. The van der Waals surface area contributed by atoms with Crippen LogP contribution in [0.5, 0.6) is 0 Å². The lowest BCUT2D eigenvalue weighted by atomic mass is 10.2. The molecule has 0 bridgehead atoms. The first kappa shape index (κ1) is 10.2. The fourth-order valence-corrected chi connectivity index (χ4v) is 1.25. The maximum Gasteiger partial charge on any atom is 0.0704 e. The van der Waals surface area contributed by atoms with E-state index in [1.165, 1.54) is 0 Å². The minimum Gasteiger partial charge on any atom is -0.380 e. The van der Waals surface area contributed by atoms with Gasteiger partial charge in [0.2, 0.25) is 0 Å². The molecule has 0 radical (unpaired) electrons. The highest BCUT2D eigenvalue weighted by atomic mass is 16.5. The molecule has 0 saturated carbocycles. The Kier molecular flexibility index (Phi) is 3.92. The van der Waals surface area contributed by atoms with Crippen molar-refractivity contribution < 1.29 is 4.74 Å². The number of hydrogen-bond acceptors (Lipinski definition) is 3. The summed E-state index contributed by atoms with van der Waals surface area (Å²) >= 11 is 0. The van der Waals surface area contributed by atoms with Crippen LogP contribution in [0.3, 0.4) is 0 Å². The zero-order chi connectivity index (χ0) is 9.68. The highest BCUT2D eigenvalue weighted by Crippen LogP contribution is 2.09.